The highest BCUT2D eigenvalue weighted by Crippen LogP contribution is 2.17. The van der Waals surface area contributed by atoms with E-state index in [1.807, 2.05) is 67.7 Å². The zero-order valence-corrected chi connectivity index (χ0v) is 23.0. The first kappa shape index (κ1) is 29.0. The molecule has 2 aliphatic rings. The molecule has 0 atom stereocenters. The Labute approximate surface area is 226 Å². The highest BCUT2D eigenvalue weighted by molar-refractivity contribution is 6.13. The molecule has 0 unspecified atom stereocenters. The standard InChI is InChI=1S/C29H42N8O/c1-4-5-11-26-24-13-14-27(32-21-24)35(2)16-8-17-36(3)28(38)12-7-18-37(19-15-30)22-23-9-6-10-25(20-23)33-29(31)34-26/h5-6,9-11,13-14,20-21H,4,7-8,12,15-19,22,30H2,1-3H3,(H2,31,33)/b11-5-,34-26+. The van der Waals surface area contributed by atoms with Gasteiger partial charge in [-0.05, 0) is 61.7 Å². The highest BCUT2D eigenvalue weighted by Gasteiger charge is 2.12. The van der Waals surface area contributed by atoms with Gasteiger partial charge >= 0.3 is 0 Å². The molecule has 0 spiro atoms. The van der Waals surface area contributed by atoms with Crippen LogP contribution in [0.4, 0.5) is 11.5 Å². The van der Waals surface area contributed by atoms with Crippen LogP contribution in [0.2, 0.25) is 0 Å². The molecule has 4 bridgehead atoms. The third kappa shape index (κ3) is 9.08. The molecule has 4 N–H and O–H groups in total. The molecule has 0 radical (unpaired) electrons. The number of anilines is 1. The number of aromatic nitrogens is 1. The van der Waals surface area contributed by atoms with E-state index in [0.29, 0.717) is 25.2 Å². The summed E-state index contributed by atoms with van der Waals surface area (Å²) < 4.78 is 0. The molecule has 4 rings (SSSR count). The van der Waals surface area contributed by atoms with Crippen LogP contribution in [0.25, 0.3) is 0 Å². The molecule has 1 aromatic carbocycles. The van der Waals surface area contributed by atoms with E-state index in [9.17, 15) is 4.79 Å². The smallest absolute Gasteiger partial charge is 0.222 e. The van der Waals surface area contributed by atoms with E-state index >= 15 is 0 Å². The van der Waals surface area contributed by atoms with Crippen LogP contribution in [0.5, 0.6) is 0 Å². The van der Waals surface area contributed by atoms with E-state index in [1.165, 1.54) is 0 Å². The van der Waals surface area contributed by atoms with Gasteiger partial charge in [-0.15, -0.1) is 0 Å². The van der Waals surface area contributed by atoms with Gasteiger partial charge in [0.05, 0.1) is 11.4 Å². The molecule has 0 saturated carbocycles. The zero-order chi connectivity index (χ0) is 27.3. The van der Waals surface area contributed by atoms with Crippen LogP contribution >= 0.6 is 0 Å². The van der Waals surface area contributed by atoms with Gasteiger partial charge in [-0.3, -0.25) is 9.69 Å². The molecule has 0 fully saturated rings. The first-order valence-corrected chi connectivity index (χ1v) is 13.4. The van der Waals surface area contributed by atoms with E-state index in [2.05, 4.69) is 37.8 Å². The van der Waals surface area contributed by atoms with E-state index in [1.54, 1.807) is 0 Å². The number of benzene rings is 1. The normalized spacial score (nSPS) is 18.6. The van der Waals surface area contributed by atoms with E-state index in [4.69, 9.17) is 11.5 Å². The average molecular weight is 519 g/mol. The molecular weight excluding hydrogens is 476 g/mol. The first-order valence-electron chi connectivity index (χ1n) is 13.4. The Bertz CT molecular complexity index is 1130. The fraction of sp³-hybridized carbons (Fsp3) is 0.448. The second-order valence-electron chi connectivity index (χ2n) is 9.61. The van der Waals surface area contributed by atoms with Crippen molar-refractivity contribution in [3.8, 4) is 0 Å². The zero-order valence-electron chi connectivity index (χ0n) is 23.0. The minimum absolute atomic E-state index is 0.170. The van der Waals surface area contributed by atoms with Crippen molar-refractivity contribution in [3.63, 3.8) is 0 Å². The third-order valence-corrected chi connectivity index (χ3v) is 6.46. The summed E-state index contributed by atoms with van der Waals surface area (Å²) in [6, 6.07) is 12.0. The maximum Gasteiger partial charge on any atom is 0.222 e. The van der Waals surface area contributed by atoms with Crippen molar-refractivity contribution in [2.24, 2.45) is 21.5 Å². The molecule has 9 nitrogen and oxygen atoms in total. The quantitative estimate of drug-likeness (QED) is 0.641. The number of carbonyl (C=O) groups is 1. The summed E-state index contributed by atoms with van der Waals surface area (Å²) in [6.45, 7) is 6.42. The summed E-state index contributed by atoms with van der Waals surface area (Å²) in [5, 5.41) is 0. The number of guanidine groups is 1. The molecule has 9 heteroatoms. The molecule has 0 aliphatic carbocycles. The summed E-state index contributed by atoms with van der Waals surface area (Å²) in [5.74, 6) is 1.22. The van der Waals surface area contributed by atoms with Gasteiger partial charge in [-0.25, -0.2) is 15.0 Å². The summed E-state index contributed by atoms with van der Waals surface area (Å²) in [7, 11) is 3.90. The first-order chi connectivity index (χ1) is 18.4. The van der Waals surface area contributed by atoms with E-state index in [0.717, 1.165) is 68.1 Å². The van der Waals surface area contributed by atoms with Crippen LogP contribution in [-0.4, -0.2) is 79.2 Å². The van der Waals surface area contributed by atoms with Gasteiger partial charge < -0.3 is 21.3 Å². The number of pyridine rings is 1. The van der Waals surface area contributed by atoms with E-state index in [-0.39, 0.29) is 11.9 Å². The number of carbonyl (C=O) groups excluding carboxylic acids is 1. The van der Waals surface area contributed by atoms with Crippen molar-refractivity contribution in [1.29, 1.82) is 0 Å². The number of nitrogens with two attached hydrogens (primary N) is 2. The lowest BCUT2D eigenvalue weighted by Gasteiger charge is -2.23. The van der Waals surface area contributed by atoms with Crippen LogP contribution in [0.15, 0.2) is 64.7 Å². The summed E-state index contributed by atoms with van der Waals surface area (Å²) in [4.78, 5) is 32.8. The lowest BCUT2D eigenvalue weighted by molar-refractivity contribution is -0.130. The summed E-state index contributed by atoms with van der Waals surface area (Å²) >= 11 is 0. The summed E-state index contributed by atoms with van der Waals surface area (Å²) in [6.07, 6.45) is 8.85. The molecule has 2 aromatic rings. The summed E-state index contributed by atoms with van der Waals surface area (Å²) in [5.41, 5.74) is 15.6. The Morgan fingerprint density at radius 1 is 1.03 bits per heavy atom. The number of aliphatic imine (C=N–C) groups is 2. The lowest BCUT2D eigenvalue weighted by atomic mass is 10.1. The Balaban J connectivity index is 1.94. The van der Waals surface area contributed by atoms with Crippen molar-refractivity contribution in [3.05, 3.63) is 65.9 Å². The monoisotopic (exact) mass is 518 g/mol. The Hall–Kier alpha value is -3.56. The predicted octanol–water partition coefficient (Wildman–Crippen LogP) is 3.32. The minimum Gasteiger partial charge on any atom is -0.368 e. The lowest BCUT2D eigenvalue weighted by Crippen LogP contribution is -2.33. The number of hydrogen-bond acceptors (Lipinski definition) is 8. The Morgan fingerprint density at radius 2 is 1.84 bits per heavy atom. The predicted molar refractivity (Wildman–Crippen MR) is 157 cm³/mol. The maximum absolute atomic E-state index is 12.7. The van der Waals surface area contributed by atoms with Crippen molar-refractivity contribution >= 4 is 29.1 Å². The molecule has 1 amide bonds. The number of hydrogen-bond donors (Lipinski definition) is 2. The fourth-order valence-corrected chi connectivity index (χ4v) is 4.34. The number of amides is 1. The number of nitrogens with zero attached hydrogens (tertiary/aromatic N) is 6. The molecular formula is C29H42N8O. The van der Waals surface area contributed by atoms with Gasteiger partial charge in [0.15, 0.2) is 0 Å². The van der Waals surface area contributed by atoms with Gasteiger partial charge in [-0.1, -0.05) is 25.1 Å². The molecule has 1 aromatic heterocycles. The van der Waals surface area contributed by atoms with Crippen LogP contribution in [0, 0.1) is 0 Å². The second kappa shape index (κ2) is 15.0. The van der Waals surface area contributed by atoms with Gasteiger partial charge in [0, 0.05) is 65.0 Å². The SMILES string of the molecule is CC/C=C\C1=N/C(N)=Nc2cccc(c2)CN(CCN)CCCC(=O)N(C)CCCN(C)c2ccc1cn2. The highest BCUT2D eigenvalue weighted by atomic mass is 16.2. The number of fused-ring (bicyclic) bond motifs is 13. The molecule has 3 heterocycles. The van der Waals surface area contributed by atoms with Crippen molar-refractivity contribution in [1.82, 2.24) is 14.8 Å². The number of allylic oxidation sites excluding steroid dienone is 2. The topological polar surface area (TPSA) is 116 Å². The Morgan fingerprint density at radius 3 is 2.58 bits per heavy atom. The number of rotatable bonds is 4. The van der Waals surface area contributed by atoms with Crippen molar-refractivity contribution < 1.29 is 4.79 Å². The van der Waals surface area contributed by atoms with Crippen LogP contribution in [-0.2, 0) is 11.3 Å². The van der Waals surface area contributed by atoms with Crippen molar-refractivity contribution in [2.45, 2.75) is 39.2 Å². The van der Waals surface area contributed by atoms with Crippen LogP contribution < -0.4 is 16.4 Å². The molecule has 0 saturated heterocycles. The van der Waals surface area contributed by atoms with Gasteiger partial charge in [0.25, 0.3) is 0 Å². The third-order valence-electron chi connectivity index (χ3n) is 6.46. The largest absolute Gasteiger partial charge is 0.368 e. The Kier molecular flexibility index (Phi) is 11.4. The van der Waals surface area contributed by atoms with Gasteiger partial charge in [0.2, 0.25) is 11.9 Å². The fourth-order valence-electron chi connectivity index (χ4n) is 4.34. The van der Waals surface area contributed by atoms with Crippen LogP contribution in [0.3, 0.4) is 0 Å². The van der Waals surface area contributed by atoms with E-state index < -0.39 is 0 Å². The van der Waals surface area contributed by atoms with Crippen LogP contribution in [0.1, 0.15) is 43.7 Å². The molecule has 38 heavy (non-hydrogen) atoms. The second-order valence-corrected chi connectivity index (χ2v) is 9.61. The minimum atomic E-state index is 0.170. The van der Waals surface area contributed by atoms with Gasteiger partial charge in [0.1, 0.15) is 5.82 Å². The molecule has 2 aliphatic heterocycles. The van der Waals surface area contributed by atoms with Crippen molar-refractivity contribution in [2.75, 3.05) is 51.7 Å². The average Bonchev–Trinajstić information content (AvgIpc) is 2.90. The maximum atomic E-state index is 12.7. The molecule has 204 valence electrons. The van der Waals surface area contributed by atoms with Gasteiger partial charge in [-0.2, -0.15) is 0 Å².